The lowest BCUT2D eigenvalue weighted by atomic mass is 10.1. The van der Waals surface area contributed by atoms with Gasteiger partial charge in [-0.2, -0.15) is 0 Å². The first-order valence-electron chi connectivity index (χ1n) is 8.02. The molecule has 0 aliphatic rings. The molecule has 0 fully saturated rings. The van der Waals surface area contributed by atoms with E-state index in [-0.39, 0.29) is 18.5 Å². The number of carbonyl (C=O) groups excluding carboxylic acids is 1. The van der Waals surface area contributed by atoms with Crippen molar-refractivity contribution in [3.05, 3.63) is 82.6 Å². The zero-order chi connectivity index (χ0) is 17.5. The second-order valence-corrected chi connectivity index (χ2v) is 6.46. The number of methoxy groups -OCH3 is 1. The van der Waals surface area contributed by atoms with E-state index in [1.807, 2.05) is 72.1 Å². The summed E-state index contributed by atoms with van der Waals surface area (Å²) in [6.45, 7) is 0.176. The van der Waals surface area contributed by atoms with Crippen LogP contribution in [-0.4, -0.2) is 19.6 Å². The van der Waals surface area contributed by atoms with Crippen LogP contribution < -0.4 is 15.4 Å². The highest BCUT2D eigenvalue weighted by Crippen LogP contribution is 2.26. The van der Waals surface area contributed by atoms with E-state index in [9.17, 15) is 4.79 Å². The second kappa shape index (κ2) is 8.35. The van der Waals surface area contributed by atoms with Gasteiger partial charge >= 0.3 is 0 Å². The number of benzene rings is 2. The Bertz CT molecular complexity index is 804. The van der Waals surface area contributed by atoms with E-state index in [0.29, 0.717) is 5.75 Å². The van der Waals surface area contributed by atoms with Gasteiger partial charge in [-0.05, 0) is 29.1 Å². The molecule has 0 aliphatic heterocycles. The van der Waals surface area contributed by atoms with E-state index in [1.165, 1.54) is 0 Å². The molecule has 1 amide bonds. The number of anilines is 1. The average molecular weight is 352 g/mol. The molecule has 2 N–H and O–H groups in total. The second-order valence-electron chi connectivity index (χ2n) is 5.48. The Labute approximate surface area is 151 Å². The van der Waals surface area contributed by atoms with Gasteiger partial charge in [-0.1, -0.05) is 48.5 Å². The molecule has 128 valence electrons. The van der Waals surface area contributed by atoms with Crippen LogP contribution in [0.3, 0.4) is 0 Å². The minimum absolute atomic E-state index is 0.0758. The minimum atomic E-state index is -0.145. The fraction of sp³-hybridized carbons (Fsp3) is 0.150. The first kappa shape index (κ1) is 17.0. The highest BCUT2D eigenvalue weighted by Gasteiger charge is 2.17. The monoisotopic (exact) mass is 352 g/mol. The maximum Gasteiger partial charge on any atom is 0.240 e. The molecular formula is C20H20N2O2S. The maximum atomic E-state index is 12.5. The number of hydrogen-bond acceptors (Lipinski definition) is 4. The Morgan fingerprint density at radius 3 is 2.52 bits per heavy atom. The van der Waals surface area contributed by atoms with Gasteiger partial charge in [0.2, 0.25) is 5.91 Å². The van der Waals surface area contributed by atoms with Crippen molar-refractivity contribution in [3.8, 4) is 5.75 Å². The summed E-state index contributed by atoms with van der Waals surface area (Å²) in [6, 6.07) is 21.4. The SMILES string of the molecule is COc1ccccc1NCC(=O)NC(c1ccccc1)c1cccs1. The summed E-state index contributed by atoms with van der Waals surface area (Å²) < 4.78 is 5.29. The quantitative estimate of drug-likeness (QED) is 0.674. The van der Waals surface area contributed by atoms with Crippen LogP contribution in [0, 0.1) is 0 Å². The molecule has 0 spiro atoms. The third-order valence-corrected chi connectivity index (χ3v) is 4.75. The van der Waals surface area contributed by atoms with Gasteiger partial charge in [-0.15, -0.1) is 11.3 Å². The fourth-order valence-corrected chi connectivity index (χ4v) is 3.40. The van der Waals surface area contributed by atoms with Gasteiger partial charge in [0.05, 0.1) is 25.4 Å². The summed E-state index contributed by atoms with van der Waals surface area (Å²) >= 11 is 1.63. The largest absolute Gasteiger partial charge is 0.495 e. The molecule has 2 aromatic carbocycles. The summed E-state index contributed by atoms with van der Waals surface area (Å²) in [4.78, 5) is 13.6. The molecule has 1 aromatic heterocycles. The van der Waals surface area contributed by atoms with Crippen molar-refractivity contribution >= 4 is 22.9 Å². The number of rotatable bonds is 7. The van der Waals surface area contributed by atoms with Gasteiger partial charge < -0.3 is 15.4 Å². The molecule has 1 heterocycles. The molecule has 0 bridgehead atoms. The number of nitrogens with one attached hydrogen (secondary N) is 2. The topological polar surface area (TPSA) is 50.4 Å². The van der Waals surface area contributed by atoms with Crippen molar-refractivity contribution in [3.63, 3.8) is 0 Å². The van der Waals surface area contributed by atoms with Crippen LogP contribution in [0.4, 0.5) is 5.69 Å². The lowest BCUT2D eigenvalue weighted by molar-refractivity contribution is -0.119. The Morgan fingerprint density at radius 1 is 1.04 bits per heavy atom. The summed E-state index contributed by atoms with van der Waals surface area (Å²) in [5, 5.41) is 8.26. The van der Waals surface area contributed by atoms with E-state index in [2.05, 4.69) is 10.6 Å². The third-order valence-electron chi connectivity index (χ3n) is 3.81. The van der Waals surface area contributed by atoms with Crippen molar-refractivity contribution in [2.45, 2.75) is 6.04 Å². The predicted octanol–water partition coefficient (Wildman–Crippen LogP) is 4.07. The highest BCUT2D eigenvalue weighted by molar-refractivity contribution is 7.10. The maximum absolute atomic E-state index is 12.5. The van der Waals surface area contributed by atoms with Gasteiger partial charge in [-0.25, -0.2) is 0 Å². The normalized spacial score (nSPS) is 11.6. The van der Waals surface area contributed by atoms with E-state index in [0.717, 1.165) is 16.1 Å². The molecule has 4 nitrogen and oxygen atoms in total. The van der Waals surface area contributed by atoms with Crippen LogP contribution in [0.2, 0.25) is 0 Å². The average Bonchev–Trinajstić information content (AvgIpc) is 3.20. The molecule has 25 heavy (non-hydrogen) atoms. The van der Waals surface area contributed by atoms with Crippen LogP contribution in [0.5, 0.6) is 5.75 Å². The molecule has 3 rings (SSSR count). The van der Waals surface area contributed by atoms with Gasteiger partial charge in [0.15, 0.2) is 0 Å². The predicted molar refractivity (Wildman–Crippen MR) is 102 cm³/mol. The van der Waals surface area contributed by atoms with E-state index in [1.54, 1.807) is 18.4 Å². The highest BCUT2D eigenvalue weighted by atomic mass is 32.1. The summed E-state index contributed by atoms with van der Waals surface area (Å²) in [7, 11) is 1.61. The summed E-state index contributed by atoms with van der Waals surface area (Å²) in [6.07, 6.45) is 0. The van der Waals surface area contributed by atoms with Crippen molar-refractivity contribution in [2.75, 3.05) is 19.0 Å². The van der Waals surface area contributed by atoms with E-state index < -0.39 is 0 Å². The standard InChI is InChI=1S/C20H20N2O2S/c1-24-17-11-6-5-10-16(17)21-14-19(23)22-20(18-12-7-13-25-18)15-8-3-2-4-9-15/h2-13,20-21H,14H2,1H3,(H,22,23). The van der Waals surface area contributed by atoms with Crippen LogP contribution in [0.15, 0.2) is 72.1 Å². The Hall–Kier alpha value is -2.79. The first-order valence-corrected chi connectivity index (χ1v) is 8.90. The molecule has 1 atom stereocenters. The molecule has 0 radical (unpaired) electrons. The molecule has 0 aliphatic carbocycles. The van der Waals surface area contributed by atoms with Crippen molar-refractivity contribution in [2.24, 2.45) is 0 Å². The van der Waals surface area contributed by atoms with E-state index in [4.69, 9.17) is 4.74 Å². The lowest BCUT2D eigenvalue weighted by Gasteiger charge is -2.19. The number of para-hydroxylation sites is 2. The summed E-state index contributed by atoms with van der Waals surface area (Å²) in [5.41, 5.74) is 1.86. The van der Waals surface area contributed by atoms with Gasteiger partial charge in [0, 0.05) is 4.88 Å². The van der Waals surface area contributed by atoms with Crippen molar-refractivity contribution < 1.29 is 9.53 Å². The van der Waals surface area contributed by atoms with Crippen LogP contribution in [0.1, 0.15) is 16.5 Å². The Morgan fingerprint density at radius 2 is 1.80 bits per heavy atom. The Balaban J connectivity index is 1.69. The lowest BCUT2D eigenvalue weighted by Crippen LogP contribution is -2.33. The van der Waals surface area contributed by atoms with Crippen LogP contribution >= 0.6 is 11.3 Å². The molecule has 0 saturated carbocycles. The Kier molecular flexibility index (Phi) is 5.69. The number of thiophene rings is 1. The fourth-order valence-electron chi connectivity index (χ4n) is 2.60. The summed E-state index contributed by atoms with van der Waals surface area (Å²) in [5.74, 6) is 0.640. The first-order chi connectivity index (χ1) is 12.3. The van der Waals surface area contributed by atoms with Crippen LogP contribution in [-0.2, 0) is 4.79 Å². The molecule has 3 aromatic rings. The number of carbonyl (C=O) groups is 1. The minimum Gasteiger partial charge on any atom is -0.495 e. The van der Waals surface area contributed by atoms with Gasteiger partial charge in [0.25, 0.3) is 0 Å². The van der Waals surface area contributed by atoms with E-state index >= 15 is 0 Å². The molecular weight excluding hydrogens is 332 g/mol. The molecule has 0 saturated heterocycles. The zero-order valence-corrected chi connectivity index (χ0v) is 14.8. The number of amides is 1. The van der Waals surface area contributed by atoms with Crippen molar-refractivity contribution in [1.82, 2.24) is 5.32 Å². The van der Waals surface area contributed by atoms with Gasteiger partial charge in [0.1, 0.15) is 5.75 Å². The molecule has 5 heteroatoms. The third kappa shape index (κ3) is 4.39. The van der Waals surface area contributed by atoms with Gasteiger partial charge in [-0.3, -0.25) is 4.79 Å². The van der Waals surface area contributed by atoms with Crippen molar-refractivity contribution in [1.29, 1.82) is 0 Å². The smallest absolute Gasteiger partial charge is 0.240 e. The number of hydrogen-bond donors (Lipinski definition) is 2. The molecule has 1 unspecified atom stereocenters. The number of ether oxygens (including phenoxy) is 1. The van der Waals surface area contributed by atoms with Crippen LogP contribution in [0.25, 0.3) is 0 Å². The zero-order valence-electron chi connectivity index (χ0n) is 13.9.